The topological polar surface area (TPSA) is 117 Å². The van der Waals surface area contributed by atoms with Gasteiger partial charge in [-0.15, -0.1) is 0 Å². The number of rotatable bonds is 8. The summed E-state index contributed by atoms with van der Waals surface area (Å²) in [5.41, 5.74) is 0.831. The number of para-hydroxylation sites is 2. The zero-order valence-corrected chi connectivity index (χ0v) is 17.6. The third-order valence-corrected chi connectivity index (χ3v) is 4.60. The normalized spacial score (nSPS) is 10.2. The molecule has 1 heterocycles. The second kappa shape index (κ2) is 10.2. The number of amides is 2. The Balaban J connectivity index is 2.17. The number of nitriles is 1. The van der Waals surface area contributed by atoms with Gasteiger partial charge < -0.3 is 15.0 Å². The molecule has 0 bridgehead atoms. The zero-order chi connectivity index (χ0) is 22.3. The van der Waals surface area contributed by atoms with E-state index in [0.717, 1.165) is 4.68 Å². The lowest BCUT2D eigenvalue weighted by Crippen LogP contribution is -2.42. The van der Waals surface area contributed by atoms with Crippen LogP contribution in [0.5, 0.6) is 5.75 Å². The molecule has 0 saturated carbocycles. The highest BCUT2D eigenvalue weighted by molar-refractivity contribution is 5.95. The molecule has 0 aliphatic rings. The number of aryl methyl sites for hydroxylation is 1. The van der Waals surface area contributed by atoms with E-state index < -0.39 is 11.5 Å². The van der Waals surface area contributed by atoms with Crippen molar-refractivity contribution in [2.75, 3.05) is 25.5 Å². The van der Waals surface area contributed by atoms with E-state index in [-0.39, 0.29) is 24.6 Å². The highest BCUT2D eigenvalue weighted by Crippen LogP contribution is 2.22. The Morgan fingerprint density at radius 2 is 2.00 bits per heavy atom. The summed E-state index contributed by atoms with van der Waals surface area (Å²) in [7, 11) is 1.50. The monoisotopic (exact) mass is 411 g/mol. The molecule has 158 valence electrons. The van der Waals surface area contributed by atoms with E-state index in [0.29, 0.717) is 35.7 Å². The molecule has 30 heavy (non-hydrogen) atoms. The van der Waals surface area contributed by atoms with E-state index >= 15 is 0 Å². The molecule has 2 aromatic rings. The van der Waals surface area contributed by atoms with Crippen LogP contribution in [0.25, 0.3) is 0 Å². The number of benzene rings is 1. The first-order chi connectivity index (χ1) is 14.3. The van der Waals surface area contributed by atoms with Crippen molar-refractivity contribution in [3.05, 3.63) is 51.4 Å². The van der Waals surface area contributed by atoms with Crippen molar-refractivity contribution in [2.24, 2.45) is 0 Å². The van der Waals surface area contributed by atoms with Gasteiger partial charge in [0.25, 0.3) is 5.56 Å². The first kappa shape index (κ1) is 22.6. The first-order valence-corrected chi connectivity index (χ1v) is 9.51. The van der Waals surface area contributed by atoms with Crippen molar-refractivity contribution in [3.8, 4) is 11.8 Å². The van der Waals surface area contributed by atoms with Crippen LogP contribution in [0.3, 0.4) is 0 Å². The third-order valence-electron chi connectivity index (χ3n) is 4.60. The maximum absolute atomic E-state index is 12.8. The lowest BCUT2D eigenvalue weighted by Gasteiger charge is -2.22. The number of carbonyl (C=O) groups is 2. The molecule has 9 nitrogen and oxygen atoms in total. The number of methoxy groups -OCH3 is 1. The molecule has 0 unspecified atom stereocenters. The Kier molecular flexibility index (Phi) is 7.69. The number of carbonyl (C=O) groups excluding carboxylic acids is 2. The minimum atomic E-state index is -0.621. The summed E-state index contributed by atoms with van der Waals surface area (Å²) in [5.74, 6) is -0.317. The van der Waals surface area contributed by atoms with Gasteiger partial charge in [0.1, 0.15) is 23.9 Å². The van der Waals surface area contributed by atoms with Crippen molar-refractivity contribution in [1.29, 1.82) is 5.26 Å². The highest BCUT2D eigenvalue weighted by atomic mass is 16.5. The van der Waals surface area contributed by atoms with Crippen molar-refractivity contribution in [3.63, 3.8) is 0 Å². The molecule has 0 atom stereocenters. The summed E-state index contributed by atoms with van der Waals surface area (Å²) in [6.07, 6.45) is 0.631. The molecular formula is C21H25N5O4. The van der Waals surface area contributed by atoms with Gasteiger partial charge >= 0.3 is 0 Å². The zero-order valence-electron chi connectivity index (χ0n) is 17.6. The van der Waals surface area contributed by atoms with Gasteiger partial charge in [0, 0.05) is 6.54 Å². The lowest BCUT2D eigenvalue weighted by atomic mass is 10.1. The van der Waals surface area contributed by atoms with E-state index in [4.69, 9.17) is 4.74 Å². The van der Waals surface area contributed by atoms with E-state index in [1.807, 2.05) is 13.0 Å². The average Bonchev–Trinajstić information content (AvgIpc) is 2.72. The minimum absolute atomic E-state index is 0.0359. The highest BCUT2D eigenvalue weighted by Gasteiger charge is 2.20. The molecule has 0 spiro atoms. The maximum Gasteiger partial charge on any atom is 0.285 e. The van der Waals surface area contributed by atoms with Crippen LogP contribution in [-0.4, -0.2) is 46.7 Å². The van der Waals surface area contributed by atoms with Crippen LogP contribution >= 0.6 is 0 Å². The Hall–Kier alpha value is -3.67. The van der Waals surface area contributed by atoms with Crippen molar-refractivity contribution in [2.45, 2.75) is 33.7 Å². The summed E-state index contributed by atoms with van der Waals surface area (Å²) >= 11 is 0. The van der Waals surface area contributed by atoms with Crippen molar-refractivity contribution >= 4 is 17.5 Å². The first-order valence-electron chi connectivity index (χ1n) is 9.51. The molecule has 9 heteroatoms. The van der Waals surface area contributed by atoms with Gasteiger partial charge in [0.15, 0.2) is 0 Å². The van der Waals surface area contributed by atoms with E-state index in [1.165, 1.54) is 12.0 Å². The number of hydrogen-bond donors (Lipinski definition) is 1. The van der Waals surface area contributed by atoms with Gasteiger partial charge in [0.2, 0.25) is 11.8 Å². The molecule has 0 aliphatic heterocycles. The molecule has 0 aliphatic carbocycles. The minimum Gasteiger partial charge on any atom is -0.495 e. The largest absolute Gasteiger partial charge is 0.495 e. The quantitative estimate of drug-likeness (QED) is 0.705. The summed E-state index contributed by atoms with van der Waals surface area (Å²) in [6.45, 7) is 4.99. The van der Waals surface area contributed by atoms with Gasteiger partial charge in [0.05, 0.1) is 25.0 Å². The van der Waals surface area contributed by atoms with Gasteiger partial charge in [-0.1, -0.05) is 19.1 Å². The van der Waals surface area contributed by atoms with Crippen LogP contribution in [-0.2, 0) is 16.1 Å². The molecule has 1 N–H and O–H groups in total. The van der Waals surface area contributed by atoms with Crippen LogP contribution in [0.15, 0.2) is 29.1 Å². The maximum atomic E-state index is 12.8. The molecule has 2 rings (SSSR count). The number of aromatic nitrogens is 2. The summed E-state index contributed by atoms with van der Waals surface area (Å²) < 4.78 is 6.19. The second-order valence-electron chi connectivity index (χ2n) is 6.72. The Morgan fingerprint density at radius 1 is 1.30 bits per heavy atom. The summed E-state index contributed by atoms with van der Waals surface area (Å²) in [4.78, 5) is 39.1. The van der Waals surface area contributed by atoms with Crippen molar-refractivity contribution < 1.29 is 14.3 Å². The van der Waals surface area contributed by atoms with Crippen molar-refractivity contribution in [1.82, 2.24) is 14.7 Å². The molecule has 0 radical (unpaired) electrons. The lowest BCUT2D eigenvalue weighted by molar-refractivity contribution is -0.135. The standard InChI is InChI=1S/C21H25N5O4/c1-5-10-25(12-19(27)23-17-8-6-7-9-18(17)30-4)20(28)13-26-21(29)16(11-22)14(2)15(3)24-26/h6-9H,5,10,12-13H2,1-4H3,(H,23,27). The SMILES string of the molecule is CCCN(CC(=O)Nc1ccccc1OC)C(=O)Cn1nc(C)c(C)c(C#N)c1=O. The Bertz CT molecular complexity index is 1040. The summed E-state index contributed by atoms with van der Waals surface area (Å²) in [6, 6.07) is 8.83. The van der Waals surface area contributed by atoms with Gasteiger partial charge in [-0.3, -0.25) is 14.4 Å². The van der Waals surface area contributed by atoms with Crippen LogP contribution in [0, 0.1) is 25.2 Å². The fourth-order valence-corrected chi connectivity index (χ4v) is 2.91. The predicted molar refractivity (Wildman–Crippen MR) is 111 cm³/mol. The van der Waals surface area contributed by atoms with E-state index in [2.05, 4.69) is 10.4 Å². The smallest absolute Gasteiger partial charge is 0.285 e. The Morgan fingerprint density at radius 3 is 2.63 bits per heavy atom. The van der Waals surface area contributed by atoms with Crippen LogP contribution < -0.4 is 15.6 Å². The van der Waals surface area contributed by atoms with E-state index in [9.17, 15) is 19.6 Å². The van der Waals surface area contributed by atoms with Gasteiger partial charge in [-0.05, 0) is 38.0 Å². The molecule has 2 amide bonds. The molecule has 0 saturated heterocycles. The predicted octanol–water partition coefficient (Wildman–Crippen LogP) is 1.62. The molecule has 1 aromatic carbocycles. The number of anilines is 1. The average molecular weight is 411 g/mol. The van der Waals surface area contributed by atoms with Crippen LogP contribution in [0.4, 0.5) is 5.69 Å². The number of nitrogens with zero attached hydrogens (tertiary/aromatic N) is 4. The number of nitrogens with one attached hydrogen (secondary N) is 1. The third kappa shape index (κ3) is 5.23. The van der Waals surface area contributed by atoms with E-state index in [1.54, 1.807) is 38.1 Å². The molecule has 0 fully saturated rings. The van der Waals surface area contributed by atoms with Gasteiger partial charge in [-0.25, -0.2) is 4.68 Å². The van der Waals surface area contributed by atoms with Crippen LogP contribution in [0.1, 0.15) is 30.2 Å². The van der Waals surface area contributed by atoms with Crippen LogP contribution in [0.2, 0.25) is 0 Å². The second-order valence-corrected chi connectivity index (χ2v) is 6.72. The number of hydrogen-bond acceptors (Lipinski definition) is 6. The Labute approximate surface area is 174 Å². The summed E-state index contributed by atoms with van der Waals surface area (Å²) in [5, 5.41) is 16.1. The fraction of sp³-hybridized carbons (Fsp3) is 0.381. The fourth-order valence-electron chi connectivity index (χ4n) is 2.91. The number of ether oxygens (including phenoxy) is 1. The molecular weight excluding hydrogens is 386 g/mol. The van der Waals surface area contributed by atoms with Gasteiger partial charge in [-0.2, -0.15) is 10.4 Å². The molecule has 1 aromatic heterocycles.